The molecule has 0 rings (SSSR count). The molecule has 1 atom stereocenters. The minimum absolute atomic E-state index is 0.0167. The summed E-state index contributed by atoms with van der Waals surface area (Å²) in [5.41, 5.74) is 1.35. The molecular formula is C9H16F3NO2S2. The standard InChI is InChI=1S/C9H16F3NO2S2/c1-2-15-8(14)7(13)3-4-16-5-6-17-9(10,11)12/h7H,2-6,13H2,1H3. The molecule has 0 amide bonds. The van der Waals surface area contributed by atoms with Crippen LogP contribution in [0.5, 0.6) is 0 Å². The largest absolute Gasteiger partial charge is 0.465 e. The summed E-state index contributed by atoms with van der Waals surface area (Å²) >= 11 is 1.31. The van der Waals surface area contributed by atoms with Gasteiger partial charge in [-0.25, -0.2) is 0 Å². The van der Waals surface area contributed by atoms with Crippen LogP contribution < -0.4 is 5.73 Å². The summed E-state index contributed by atoms with van der Waals surface area (Å²) in [7, 11) is 0. The van der Waals surface area contributed by atoms with Gasteiger partial charge >= 0.3 is 11.5 Å². The van der Waals surface area contributed by atoms with E-state index in [1.807, 2.05) is 0 Å². The molecule has 0 saturated heterocycles. The van der Waals surface area contributed by atoms with E-state index in [9.17, 15) is 18.0 Å². The van der Waals surface area contributed by atoms with Crippen molar-refractivity contribution < 1.29 is 22.7 Å². The van der Waals surface area contributed by atoms with Crippen LogP contribution in [0.4, 0.5) is 13.2 Å². The Morgan fingerprint density at radius 3 is 2.53 bits per heavy atom. The van der Waals surface area contributed by atoms with Gasteiger partial charge in [0.1, 0.15) is 6.04 Å². The average molecular weight is 291 g/mol. The van der Waals surface area contributed by atoms with Gasteiger partial charge in [0.05, 0.1) is 6.61 Å². The number of nitrogens with two attached hydrogens (primary N) is 1. The number of ether oxygens (including phenoxy) is 1. The van der Waals surface area contributed by atoms with Crippen molar-refractivity contribution >= 4 is 29.5 Å². The third-order valence-corrected chi connectivity index (χ3v) is 3.67. The fraction of sp³-hybridized carbons (Fsp3) is 0.889. The Labute approximate surface area is 107 Å². The predicted molar refractivity (Wildman–Crippen MR) is 65.1 cm³/mol. The van der Waals surface area contributed by atoms with Crippen molar-refractivity contribution in [1.29, 1.82) is 0 Å². The van der Waals surface area contributed by atoms with Crippen LogP contribution in [0.1, 0.15) is 13.3 Å². The van der Waals surface area contributed by atoms with E-state index < -0.39 is 17.5 Å². The quantitative estimate of drug-likeness (QED) is 0.549. The number of rotatable bonds is 8. The molecule has 102 valence electrons. The van der Waals surface area contributed by atoms with Crippen molar-refractivity contribution in [3.8, 4) is 0 Å². The maximum Gasteiger partial charge on any atom is 0.441 e. The highest BCUT2D eigenvalue weighted by Gasteiger charge is 2.27. The van der Waals surface area contributed by atoms with Gasteiger partial charge in [0.2, 0.25) is 0 Å². The summed E-state index contributed by atoms with van der Waals surface area (Å²) in [6, 6.07) is -0.683. The van der Waals surface area contributed by atoms with Crippen molar-refractivity contribution in [3.63, 3.8) is 0 Å². The van der Waals surface area contributed by atoms with E-state index in [0.29, 0.717) is 17.9 Å². The molecule has 3 nitrogen and oxygen atoms in total. The summed E-state index contributed by atoms with van der Waals surface area (Å²) in [4.78, 5) is 11.1. The first-order valence-electron chi connectivity index (χ1n) is 5.07. The average Bonchev–Trinajstić information content (AvgIpc) is 2.21. The Bertz CT molecular complexity index is 227. The number of hydrogen-bond donors (Lipinski definition) is 1. The van der Waals surface area contributed by atoms with E-state index in [1.165, 1.54) is 11.8 Å². The van der Waals surface area contributed by atoms with E-state index in [2.05, 4.69) is 0 Å². The Morgan fingerprint density at radius 1 is 1.35 bits per heavy atom. The highest BCUT2D eigenvalue weighted by atomic mass is 32.2. The molecule has 17 heavy (non-hydrogen) atoms. The molecule has 0 radical (unpaired) electrons. The molecule has 0 fully saturated rings. The van der Waals surface area contributed by atoms with E-state index in [0.717, 1.165) is 0 Å². The Balaban J connectivity index is 3.42. The van der Waals surface area contributed by atoms with Crippen LogP contribution in [0.3, 0.4) is 0 Å². The molecule has 0 heterocycles. The molecule has 0 aromatic heterocycles. The number of carbonyl (C=O) groups excluding carboxylic acids is 1. The highest BCUT2D eigenvalue weighted by Crippen LogP contribution is 2.30. The lowest BCUT2D eigenvalue weighted by atomic mass is 10.2. The molecule has 1 unspecified atom stereocenters. The first kappa shape index (κ1) is 16.9. The molecule has 0 aliphatic rings. The fourth-order valence-corrected chi connectivity index (χ4v) is 2.56. The molecule has 2 N–H and O–H groups in total. The number of esters is 1. The van der Waals surface area contributed by atoms with E-state index >= 15 is 0 Å². The second kappa shape index (κ2) is 8.93. The van der Waals surface area contributed by atoms with E-state index in [1.54, 1.807) is 6.92 Å². The van der Waals surface area contributed by atoms with Crippen LogP contribution in [0.2, 0.25) is 0 Å². The summed E-state index contributed by atoms with van der Waals surface area (Å²) in [6.45, 7) is 1.97. The normalized spacial score (nSPS) is 13.5. The second-order valence-electron chi connectivity index (χ2n) is 3.05. The monoisotopic (exact) mass is 291 g/mol. The lowest BCUT2D eigenvalue weighted by Gasteiger charge is -2.10. The molecular weight excluding hydrogens is 275 g/mol. The summed E-state index contributed by atoms with van der Waals surface area (Å²) < 4.78 is 40.0. The van der Waals surface area contributed by atoms with Gasteiger partial charge in [-0.1, -0.05) is 11.8 Å². The summed E-state index contributed by atoms with van der Waals surface area (Å²) in [6.07, 6.45) is 0.417. The highest BCUT2D eigenvalue weighted by molar-refractivity contribution is 8.03. The third kappa shape index (κ3) is 10.8. The molecule has 0 spiro atoms. The molecule has 0 bridgehead atoms. The fourth-order valence-electron chi connectivity index (χ4n) is 0.896. The number of alkyl halides is 3. The Kier molecular flexibility index (Phi) is 8.89. The molecule has 0 saturated carbocycles. The van der Waals surface area contributed by atoms with Gasteiger partial charge < -0.3 is 10.5 Å². The zero-order valence-electron chi connectivity index (χ0n) is 9.46. The van der Waals surface area contributed by atoms with Gasteiger partial charge in [-0.3, -0.25) is 4.79 Å². The SMILES string of the molecule is CCOC(=O)C(N)CCSCCSC(F)(F)F. The molecule has 0 aromatic carbocycles. The first-order valence-corrected chi connectivity index (χ1v) is 7.21. The van der Waals surface area contributed by atoms with Crippen LogP contribution in [-0.4, -0.2) is 41.4 Å². The van der Waals surface area contributed by atoms with Gasteiger partial charge in [0.15, 0.2) is 0 Å². The minimum atomic E-state index is -4.16. The number of halogens is 3. The van der Waals surface area contributed by atoms with Crippen molar-refractivity contribution in [1.82, 2.24) is 0 Å². The minimum Gasteiger partial charge on any atom is -0.465 e. The predicted octanol–water partition coefficient (Wildman–Crippen LogP) is 2.25. The van der Waals surface area contributed by atoms with Gasteiger partial charge in [0, 0.05) is 11.5 Å². The van der Waals surface area contributed by atoms with E-state index in [-0.39, 0.29) is 24.1 Å². The van der Waals surface area contributed by atoms with Crippen LogP contribution >= 0.6 is 23.5 Å². The second-order valence-corrected chi connectivity index (χ2v) is 5.44. The molecule has 8 heteroatoms. The van der Waals surface area contributed by atoms with Gasteiger partial charge in [0.25, 0.3) is 0 Å². The van der Waals surface area contributed by atoms with Crippen molar-refractivity contribution in [2.24, 2.45) is 5.73 Å². The zero-order valence-corrected chi connectivity index (χ0v) is 11.1. The summed E-state index contributed by atoms with van der Waals surface area (Å²) in [5.74, 6) is 0.499. The van der Waals surface area contributed by atoms with Gasteiger partial charge in [-0.05, 0) is 19.1 Å². The van der Waals surface area contributed by atoms with Crippen molar-refractivity contribution in [3.05, 3.63) is 0 Å². The molecule has 0 aromatic rings. The maximum atomic E-state index is 11.8. The zero-order chi connectivity index (χ0) is 13.3. The molecule has 0 aliphatic heterocycles. The lowest BCUT2D eigenvalue weighted by molar-refractivity contribution is -0.144. The van der Waals surface area contributed by atoms with E-state index in [4.69, 9.17) is 10.5 Å². The van der Waals surface area contributed by atoms with Crippen LogP contribution in [-0.2, 0) is 9.53 Å². The van der Waals surface area contributed by atoms with Gasteiger partial charge in [-0.15, -0.1) is 0 Å². The third-order valence-electron chi connectivity index (χ3n) is 1.66. The van der Waals surface area contributed by atoms with Gasteiger partial charge in [-0.2, -0.15) is 24.9 Å². The van der Waals surface area contributed by atoms with Crippen LogP contribution in [0, 0.1) is 0 Å². The number of carbonyl (C=O) groups is 1. The lowest BCUT2D eigenvalue weighted by Crippen LogP contribution is -2.32. The van der Waals surface area contributed by atoms with Crippen LogP contribution in [0.25, 0.3) is 0 Å². The molecule has 0 aliphatic carbocycles. The smallest absolute Gasteiger partial charge is 0.441 e. The number of hydrogen-bond acceptors (Lipinski definition) is 5. The maximum absolute atomic E-state index is 11.8. The van der Waals surface area contributed by atoms with Crippen molar-refractivity contribution in [2.45, 2.75) is 24.9 Å². The van der Waals surface area contributed by atoms with Crippen molar-refractivity contribution in [2.75, 3.05) is 23.9 Å². The Morgan fingerprint density at radius 2 is 2.00 bits per heavy atom. The topological polar surface area (TPSA) is 52.3 Å². The van der Waals surface area contributed by atoms with Crippen LogP contribution in [0.15, 0.2) is 0 Å². The summed E-state index contributed by atoms with van der Waals surface area (Å²) in [5, 5.41) is 0. The number of thioether (sulfide) groups is 2. The first-order chi connectivity index (χ1) is 7.87. The Hall–Kier alpha value is -0.0800.